The SMILES string of the molecule is COC(=O)CCN(CCCNC(C)=O)C(=O)/C=C/c1ccc(C(C)C)cc1. The van der Waals surface area contributed by atoms with Crippen molar-refractivity contribution < 1.29 is 19.1 Å². The molecule has 0 saturated heterocycles. The molecule has 1 aromatic rings. The Morgan fingerprint density at radius 2 is 1.81 bits per heavy atom. The highest BCUT2D eigenvalue weighted by Gasteiger charge is 2.13. The molecule has 0 saturated carbocycles. The molecule has 2 amide bonds. The molecule has 0 heterocycles. The van der Waals surface area contributed by atoms with E-state index in [0.29, 0.717) is 25.4 Å². The number of hydrogen-bond donors (Lipinski definition) is 1. The van der Waals surface area contributed by atoms with Crippen LogP contribution < -0.4 is 5.32 Å². The second-order valence-corrected chi connectivity index (χ2v) is 6.64. The van der Waals surface area contributed by atoms with Gasteiger partial charge >= 0.3 is 5.97 Å². The van der Waals surface area contributed by atoms with E-state index in [1.807, 2.05) is 12.1 Å². The minimum atomic E-state index is -0.358. The van der Waals surface area contributed by atoms with E-state index in [2.05, 4.69) is 36.0 Å². The van der Waals surface area contributed by atoms with Crippen molar-refractivity contribution in [3.05, 3.63) is 41.5 Å². The van der Waals surface area contributed by atoms with E-state index >= 15 is 0 Å². The van der Waals surface area contributed by atoms with Gasteiger partial charge in [0.1, 0.15) is 0 Å². The fourth-order valence-electron chi connectivity index (χ4n) is 2.46. The smallest absolute Gasteiger partial charge is 0.307 e. The first-order valence-corrected chi connectivity index (χ1v) is 9.21. The lowest BCUT2D eigenvalue weighted by Crippen LogP contribution is -2.34. The zero-order valence-electron chi connectivity index (χ0n) is 16.7. The molecule has 0 radical (unpaired) electrons. The Morgan fingerprint density at radius 3 is 2.37 bits per heavy atom. The summed E-state index contributed by atoms with van der Waals surface area (Å²) in [6.07, 6.45) is 4.04. The Labute approximate surface area is 161 Å². The molecule has 0 aliphatic heterocycles. The van der Waals surface area contributed by atoms with Crippen molar-refractivity contribution in [2.45, 2.75) is 39.5 Å². The quantitative estimate of drug-likeness (QED) is 0.388. The van der Waals surface area contributed by atoms with E-state index in [9.17, 15) is 14.4 Å². The average Bonchev–Trinajstić information content (AvgIpc) is 2.65. The summed E-state index contributed by atoms with van der Waals surface area (Å²) in [4.78, 5) is 36.4. The molecule has 0 spiro atoms. The number of rotatable bonds is 10. The summed E-state index contributed by atoms with van der Waals surface area (Å²) >= 11 is 0. The lowest BCUT2D eigenvalue weighted by molar-refractivity contribution is -0.141. The van der Waals surface area contributed by atoms with Crippen molar-refractivity contribution in [2.24, 2.45) is 0 Å². The van der Waals surface area contributed by atoms with Crippen molar-refractivity contribution >= 4 is 23.9 Å². The third-order valence-electron chi connectivity index (χ3n) is 4.13. The van der Waals surface area contributed by atoms with E-state index in [1.165, 1.54) is 25.7 Å². The van der Waals surface area contributed by atoms with Crippen LogP contribution in [0.4, 0.5) is 0 Å². The number of benzene rings is 1. The van der Waals surface area contributed by atoms with Gasteiger partial charge in [-0.1, -0.05) is 38.1 Å². The Balaban J connectivity index is 2.68. The van der Waals surface area contributed by atoms with Crippen LogP contribution in [0.3, 0.4) is 0 Å². The van der Waals surface area contributed by atoms with Crippen molar-refractivity contribution in [3.8, 4) is 0 Å². The molecule has 148 valence electrons. The van der Waals surface area contributed by atoms with Gasteiger partial charge in [0.25, 0.3) is 0 Å². The predicted octanol–water partition coefficient (Wildman–Crippen LogP) is 2.74. The first-order chi connectivity index (χ1) is 12.8. The number of ether oxygens (including phenoxy) is 1. The topological polar surface area (TPSA) is 75.7 Å². The van der Waals surface area contributed by atoms with Crippen molar-refractivity contribution in [3.63, 3.8) is 0 Å². The number of nitrogens with one attached hydrogen (secondary N) is 1. The summed E-state index contributed by atoms with van der Waals surface area (Å²) in [6, 6.07) is 8.07. The third-order valence-corrected chi connectivity index (χ3v) is 4.13. The molecule has 0 aliphatic rings. The van der Waals surface area contributed by atoms with Crippen LogP contribution in [0.5, 0.6) is 0 Å². The summed E-state index contributed by atoms with van der Waals surface area (Å²) in [6.45, 7) is 6.93. The van der Waals surface area contributed by atoms with Gasteiger partial charge in [0, 0.05) is 32.6 Å². The number of carbonyl (C=O) groups excluding carboxylic acids is 3. The van der Waals surface area contributed by atoms with E-state index in [4.69, 9.17) is 0 Å². The number of esters is 1. The number of hydrogen-bond acceptors (Lipinski definition) is 4. The zero-order valence-corrected chi connectivity index (χ0v) is 16.7. The van der Waals surface area contributed by atoms with Gasteiger partial charge < -0.3 is 15.0 Å². The number of carbonyl (C=O) groups is 3. The highest BCUT2D eigenvalue weighted by Crippen LogP contribution is 2.15. The maximum Gasteiger partial charge on any atom is 0.307 e. The van der Waals surface area contributed by atoms with Gasteiger partial charge in [-0.25, -0.2) is 0 Å². The summed E-state index contributed by atoms with van der Waals surface area (Å²) in [7, 11) is 1.33. The van der Waals surface area contributed by atoms with Crippen LogP contribution in [0, 0.1) is 0 Å². The highest BCUT2D eigenvalue weighted by molar-refractivity contribution is 5.92. The largest absolute Gasteiger partial charge is 0.469 e. The standard InChI is InChI=1S/C21H30N2O4/c1-16(2)19-9-6-18(7-10-19)8-11-20(25)23(15-12-21(26)27-4)14-5-13-22-17(3)24/h6-11,16H,5,12-15H2,1-4H3,(H,22,24)/b11-8+. The molecule has 0 unspecified atom stereocenters. The molecular formula is C21H30N2O4. The monoisotopic (exact) mass is 374 g/mol. The molecule has 27 heavy (non-hydrogen) atoms. The lowest BCUT2D eigenvalue weighted by atomic mass is 10.0. The summed E-state index contributed by atoms with van der Waals surface area (Å²) in [5, 5.41) is 2.70. The number of methoxy groups -OCH3 is 1. The second kappa shape index (κ2) is 11.9. The first-order valence-electron chi connectivity index (χ1n) is 9.21. The molecule has 1 N–H and O–H groups in total. The van der Waals surface area contributed by atoms with Crippen molar-refractivity contribution in [1.82, 2.24) is 10.2 Å². The molecule has 1 aromatic carbocycles. The fourth-order valence-corrected chi connectivity index (χ4v) is 2.46. The van der Waals surface area contributed by atoms with Gasteiger partial charge in [0.05, 0.1) is 13.5 Å². The predicted molar refractivity (Wildman–Crippen MR) is 106 cm³/mol. The maximum absolute atomic E-state index is 12.5. The van der Waals surface area contributed by atoms with Crippen molar-refractivity contribution in [2.75, 3.05) is 26.7 Å². The molecule has 0 aliphatic carbocycles. The molecule has 0 fully saturated rings. The summed E-state index contributed by atoms with van der Waals surface area (Å²) < 4.78 is 4.65. The molecule has 0 bridgehead atoms. The van der Waals surface area contributed by atoms with Gasteiger partial charge in [0.2, 0.25) is 11.8 Å². The van der Waals surface area contributed by atoms with E-state index in [0.717, 1.165) is 5.56 Å². The molecular weight excluding hydrogens is 344 g/mol. The molecule has 0 atom stereocenters. The lowest BCUT2D eigenvalue weighted by Gasteiger charge is -2.20. The zero-order chi connectivity index (χ0) is 20.2. The van der Waals surface area contributed by atoms with Crippen LogP contribution >= 0.6 is 0 Å². The van der Waals surface area contributed by atoms with Crippen LogP contribution in [0.1, 0.15) is 50.7 Å². The third kappa shape index (κ3) is 9.03. The maximum atomic E-state index is 12.5. The van der Waals surface area contributed by atoms with Crippen LogP contribution in [0.25, 0.3) is 6.08 Å². The molecule has 6 heteroatoms. The van der Waals surface area contributed by atoms with Crippen LogP contribution in [0.2, 0.25) is 0 Å². The van der Waals surface area contributed by atoms with E-state index in [-0.39, 0.29) is 30.7 Å². The minimum absolute atomic E-state index is 0.104. The van der Waals surface area contributed by atoms with Gasteiger partial charge in [-0.15, -0.1) is 0 Å². The fraction of sp³-hybridized carbons (Fsp3) is 0.476. The highest BCUT2D eigenvalue weighted by atomic mass is 16.5. The Hall–Kier alpha value is -2.63. The normalized spacial score (nSPS) is 10.9. The van der Waals surface area contributed by atoms with Crippen LogP contribution in [-0.4, -0.2) is 49.4 Å². The average molecular weight is 374 g/mol. The van der Waals surface area contributed by atoms with E-state index in [1.54, 1.807) is 11.0 Å². The Kier molecular flexibility index (Phi) is 9.86. The summed E-state index contributed by atoms with van der Waals surface area (Å²) in [5.41, 5.74) is 2.19. The first kappa shape index (κ1) is 22.4. The van der Waals surface area contributed by atoms with Gasteiger partial charge in [-0.05, 0) is 29.5 Å². The van der Waals surface area contributed by atoms with Gasteiger partial charge in [-0.3, -0.25) is 14.4 Å². The minimum Gasteiger partial charge on any atom is -0.469 e. The second-order valence-electron chi connectivity index (χ2n) is 6.64. The van der Waals surface area contributed by atoms with Gasteiger partial charge in [0.15, 0.2) is 0 Å². The molecule has 6 nitrogen and oxygen atoms in total. The molecule has 1 rings (SSSR count). The number of nitrogens with zero attached hydrogens (tertiary/aromatic N) is 1. The summed E-state index contributed by atoms with van der Waals surface area (Å²) in [5.74, 6) is -0.174. The Morgan fingerprint density at radius 1 is 1.15 bits per heavy atom. The molecule has 0 aromatic heterocycles. The van der Waals surface area contributed by atoms with Crippen molar-refractivity contribution in [1.29, 1.82) is 0 Å². The van der Waals surface area contributed by atoms with Crippen LogP contribution in [-0.2, 0) is 19.1 Å². The Bertz CT molecular complexity index is 651. The number of amides is 2. The van der Waals surface area contributed by atoms with E-state index < -0.39 is 0 Å². The van der Waals surface area contributed by atoms with Gasteiger partial charge in [-0.2, -0.15) is 0 Å². The van der Waals surface area contributed by atoms with Crippen LogP contribution in [0.15, 0.2) is 30.3 Å².